The zero-order valence-electron chi connectivity index (χ0n) is 9.01. The maximum absolute atomic E-state index is 11.2. The Kier molecular flexibility index (Phi) is 3.45. The van der Waals surface area contributed by atoms with Crippen LogP contribution in [0.15, 0.2) is 48.5 Å². The molecule has 3 heteroatoms. The number of phenols is 1. The fraction of sp³-hybridized carbons (Fsp3) is 0.0714. The first-order valence-corrected chi connectivity index (χ1v) is 5.59. The number of hydrogen-bond acceptors (Lipinski definition) is 2. The molecule has 0 saturated heterocycles. The van der Waals surface area contributed by atoms with E-state index in [1.54, 1.807) is 12.1 Å². The van der Waals surface area contributed by atoms with Crippen LogP contribution in [0.5, 0.6) is 5.75 Å². The second-order valence-corrected chi connectivity index (χ2v) is 4.16. The largest absolute Gasteiger partial charge is 0.508 e. The van der Waals surface area contributed by atoms with Crippen molar-refractivity contribution in [2.45, 2.75) is 5.92 Å². The highest BCUT2D eigenvalue weighted by molar-refractivity contribution is 6.30. The van der Waals surface area contributed by atoms with Crippen LogP contribution in [-0.2, 0) is 4.79 Å². The number of carbonyl (C=O) groups excluding carboxylic acids is 1. The Bertz CT molecular complexity index is 523. The minimum absolute atomic E-state index is 0.0790. The molecule has 2 nitrogen and oxygen atoms in total. The SMILES string of the molecule is O=CC(c1ccccc1)c1cc(Cl)ccc1O. The number of hydrogen-bond donors (Lipinski definition) is 1. The third-order valence-corrected chi connectivity index (χ3v) is 2.85. The van der Waals surface area contributed by atoms with Crippen LogP contribution >= 0.6 is 11.6 Å². The van der Waals surface area contributed by atoms with E-state index in [-0.39, 0.29) is 5.75 Å². The molecule has 0 amide bonds. The van der Waals surface area contributed by atoms with Gasteiger partial charge in [0.1, 0.15) is 12.0 Å². The second-order valence-electron chi connectivity index (χ2n) is 3.73. The molecule has 0 aliphatic heterocycles. The molecule has 2 aromatic rings. The summed E-state index contributed by atoms with van der Waals surface area (Å²) in [7, 11) is 0. The quantitative estimate of drug-likeness (QED) is 0.843. The standard InChI is InChI=1S/C14H11ClO2/c15-11-6-7-14(17)12(8-11)13(9-16)10-4-2-1-3-5-10/h1-9,13,17H. The summed E-state index contributed by atoms with van der Waals surface area (Å²) >= 11 is 5.88. The minimum atomic E-state index is -0.491. The lowest BCUT2D eigenvalue weighted by molar-refractivity contribution is -0.108. The van der Waals surface area contributed by atoms with Crippen molar-refractivity contribution in [2.24, 2.45) is 0 Å². The van der Waals surface area contributed by atoms with Gasteiger partial charge in [0, 0.05) is 10.6 Å². The van der Waals surface area contributed by atoms with Gasteiger partial charge in [0.05, 0.1) is 5.92 Å². The van der Waals surface area contributed by atoms with Gasteiger partial charge in [-0.25, -0.2) is 0 Å². The molecule has 2 rings (SSSR count). The Morgan fingerprint density at radius 1 is 1.12 bits per heavy atom. The van der Waals surface area contributed by atoms with Gasteiger partial charge in [-0.2, -0.15) is 0 Å². The van der Waals surface area contributed by atoms with Gasteiger partial charge in [-0.15, -0.1) is 0 Å². The number of benzene rings is 2. The second kappa shape index (κ2) is 5.02. The predicted molar refractivity (Wildman–Crippen MR) is 67.5 cm³/mol. The molecule has 1 atom stereocenters. The van der Waals surface area contributed by atoms with E-state index in [0.717, 1.165) is 11.8 Å². The Balaban J connectivity index is 2.49. The van der Waals surface area contributed by atoms with Crippen molar-refractivity contribution in [2.75, 3.05) is 0 Å². The Labute approximate surface area is 104 Å². The van der Waals surface area contributed by atoms with E-state index < -0.39 is 5.92 Å². The summed E-state index contributed by atoms with van der Waals surface area (Å²) < 4.78 is 0. The molecule has 1 N–H and O–H groups in total. The average Bonchev–Trinajstić information content (AvgIpc) is 2.36. The molecule has 0 aromatic heterocycles. The molecule has 0 aliphatic carbocycles. The van der Waals surface area contributed by atoms with Crippen LogP contribution in [0.3, 0.4) is 0 Å². The van der Waals surface area contributed by atoms with Crippen LogP contribution in [-0.4, -0.2) is 11.4 Å². The van der Waals surface area contributed by atoms with E-state index in [9.17, 15) is 9.90 Å². The van der Waals surface area contributed by atoms with Gasteiger partial charge in [-0.3, -0.25) is 0 Å². The van der Waals surface area contributed by atoms with Crippen molar-refractivity contribution in [3.63, 3.8) is 0 Å². The average molecular weight is 247 g/mol. The predicted octanol–water partition coefficient (Wildman–Crippen LogP) is 3.38. The van der Waals surface area contributed by atoms with E-state index in [2.05, 4.69) is 0 Å². The summed E-state index contributed by atoms with van der Waals surface area (Å²) in [5.74, 6) is -0.412. The molecular formula is C14H11ClO2. The van der Waals surface area contributed by atoms with Crippen molar-refractivity contribution in [1.82, 2.24) is 0 Å². The smallest absolute Gasteiger partial charge is 0.131 e. The first-order chi connectivity index (χ1) is 8.22. The summed E-state index contributed by atoms with van der Waals surface area (Å²) in [6.07, 6.45) is 0.806. The minimum Gasteiger partial charge on any atom is -0.508 e. The first kappa shape index (κ1) is 11.7. The molecule has 0 bridgehead atoms. The third-order valence-electron chi connectivity index (χ3n) is 2.62. The van der Waals surface area contributed by atoms with Crippen LogP contribution in [0.25, 0.3) is 0 Å². The van der Waals surface area contributed by atoms with Gasteiger partial charge in [0.2, 0.25) is 0 Å². The summed E-state index contributed by atoms with van der Waals surface area (Å²) in [4.78, 5) is 11.2. The number of halogens is 1. The van der Waals surface area contributed by atoms with E-state index in [4.69, 9.17) is 11.6 Å². The molecule has 0 radical (unpaired) electrons. The van der Waals surface area contributed by atoms with Gasteiger partial charge in [-0.1, -0.05) is 41.9 Å². The maximum Gasteiger partial charge on any atom is 0.131 e. The van der Waals surface area contributed by atoms with Crippen LogP contribution in [0.1, 0.15) is 17.0 Å². The number of carbonyl (C=O) groups is 1. The number of aromatic hydroxyl groups is 1. The lowest BCUT2D eigenvalue weighted by atomic mass is 9.92. The summed E-state index contributed by atoms with van der Waals surface area (Å²) in [6.45, 7) is 0. The monoisotopic (exact) mass is 246 g/mol. The normalized spacial score (nSPS) is 12.1. The van der Waals surface area contributed by atoms with Gasteiger partial charge in [0.15, 0.2) is 0 Å². The fourth-order valence-electron chi connectivity index (χ4n) is 1.77. The topological polar surface area (TPSA) is 37.3 Å². The third kappa shape index (κ3) is 2.48. The fourth-order valence-corrected chi connectivity index (χ4v) is 1.95. The highest BCUT2D eigenvalue weighted by Crippen LogP contribution is 2.31. The van der Waals surface area contributed by atoms with Gasteiger partial charge >= 0.3 is 0 Å². The summed E-state index contributed by atoms with van der Waals surface area (Å²) in [6, 6.07) is 14.0. The van der Waals surface area contributed by atoms with E-state index in [1.165, 1.54) is 6.07 Å². The number of rotatable bonds is 3. The molecule has 0 saturated carbocycles. The molecule has 0 spiro atoms. The Hall–Kier alpha value is -1.80. The lowest BCUT2D eigenvalue weighted by Gasteiger charge is -2.13. The Morgan fingerprint density at radius 2 is 1.82 bits per heavy atom. The van der Waals surface area contributed by atoms with Crippen molar-refractivity contribution >= 4 is 17.9 Å². The van der Waals surface area contributed by atoms with Crippen LogP contribution in [0, 0.1) is 0 Å². The number of phenolic OH excluding ortho intramolecular Hbond substituents is 1. The van der Waals surface area contributed by atoms with Crippen molar-refractivity contribution in [3.05, 3.63) is 64.7 Å². The summed E-state index contributed by atoms with van der Waals surface area (Å²) in [5, 5.41) is 10.3. The molecule has 1 unspecified atom stereocenters. The molecule has 0 aliphatic rings. The molecule has 2 aromatic carbocycles. The van der Waals surface area contributed by atoms with Gasteiger partial charge in [-0.05, 0) is 23.8 Å². The highest BCUT2D eigenvalue weighted by atomic mass is 35.5. The molecule has 17 heavy (non-hydrogen) atoms. The van der Waals surface area contributed by atoms with E-state index in [0.29, 0.717) is 10.6 Å². The van der Waals surface area contributed by atoms with E-state index in [1.807, 2.05) is 30.3 Å². The maximum atomic E-state index is 11.2. The molecule has 0 fully saturated rings. The van der Waals surface area contributed by atoms with Gasteiger partial charge in [0.25, 0.3) is 0 Å². The first-order valence-electron chi connectivity index (χ1n) is 5.21. The molecule has 86 valence electrons. The molecular weight excluding hydrogens is 236 g/mol. The van der Waals surface area contributed by atoms with E-state index >= 15 is 0 Å². The highest BCUT2D eigenvalue weighted by Gasteiger charge is 2.16. The van der Waals surface area contributed by atoms with Crippen LogP contribution in [0.2, 0.25) is 5.02 Å². The van der Waals surface area contributed by atoms with Crippen molar-refractivity contribution < 1.29 is 9.90 Å². The molecule has 0 heterocycles. The zero-order valence-corrected chi connectivity index (χ0v) is 9.76. The Morgan fingerprint density at radius 3 is 2.47 bits per heavy atom. The van der Waals surface area contributed by atoms with Crippen LogP contribution < -0.4 is 0 Å². The lowest BCUT2D eigenvalue weighted by Crippen LogP contribution is -2.02. The van der Waals surface area contributed by atoms with Gasteiger partial charge < -0.3 is 9.90 Å². The van der Waals surface area contributed by atoms with Crippen LogP contribution in [0.4, 0.5) is 0 Å². The zero-order chi connectivity index (χ0) is 12.3. The van der Waals surface area contributed by atoms with Crippen molar-refractivity contribution in [1.29, 1.82) is 0 Å². The van der Waals surface area contributed by atoms with Crippen molar-refractivity contribution in [3.8, 4) is 5.75 Å². The number of aldehydes is 1. The summed E-state index contributed by atoms with van der Waals surface area (Å²) in [5.41, 5.74) is 1.36.